The maximum Gasteiger partial charge on any atom is 0.235 e. The molecule has 0 atom stereocenters. The van der Waals surface area contributed by atoms with Crippen LogP contribution in [0.15, 0.2) is 30.5 Å². The maximum atomic E-state index is 10.4. The smallest absolute Gasteiger partial charge is 0.235 e. The first-order chi connectivity index (χ1) is 5.42. The molecule has 0 aliphatic rings. The zero-order valence-corrected chi connectivity index (χ0v) is 5.79. The minimum absolute atomic E-state index is 0.590. The Kier molecular flexibility index (Phi) is 1.25. The van der Waals surface area contributed by atoms with Gasteiger partial charge in [-0.3, -0.25) is 4.79 Å². The van der Waals surface area contributed by atoms with E-state index < -0.39 is 0 Å². The molecule has 1 aromatic carbocycles. The van der Waals surface area contributed by atoms with E-state index in [4.69, 9.17) is 0 Å². The van der Waals surface area contributed by atoms with Crippen molar-refractivity contribution in [3.8, 4) is 0 Å². The van der Waals surface area contributed by atoms with Crippen molar-refractivity contribution in [1.29, 1.82) is 0 Å². The van der Waals surface area contributed by atoms with Crippen LogP contribution in [0.5, 0.6) is 0 Å². The second kappa shape index (κ2) is 2.23. The van der Waals surface area contributed by atoms with Gasteiger partial charge in [-0.15, -0.1) is 0 Å². The molecule has 0 spiro atoms. The van der Waals surface area contributed by atoms with Crippen LogP contribution in [0.25, 0.3) is 10.9 Å². The van der Waals surface area contributed by atoms with Gasteiger partial charge in [0.05, 0.1) is 11.1 Å². The van der Waals surface area contributed by atoms with Crippen LogP contribution in [0.3, 0.4) is 0 Å². The molecule has 2 aromatic rings. The topological polar surface area (TPSA) is 32.9 Å². The Hall–Kier alpha value is -1.57. The van der Waals surface area contributed by atoms with Crippen molar-refractivity contribution >= 4 is 17.2 Å². The Morgan fingerprint density at radius 1 is 1.27 bits per heavy atom. The lowest BCUT2D eigenvalue weighted by molar-refractivity contribution is 0.563. The molecule has 11 heavy (non-hydrogen) atoms. The number of carbonyl (C=O) groups excluding carboxylic acids is 1. The van der Waals surface area contributed by atoms with Gasteiger partial charge in [0.15, 0.2) is 0 Å². The van der Waals surface area contributed by atoms with Gasteiger partial charge in [0, 0.05) is 11.6 Å². The summed E-state index contributed by atoms with van der Waals surface area (Å²) in [5.41, 5.74) is 1.45. The van der Waals surface area contributed by atoms with Gasteiger partial charge in [0.2, 0.25) is 6.29 Å². The number of aromatic amines is 1. The molecular formula is C9H6NO. The van der Waals surface area contributed by atoms with Gasteiger partial charge in [-0.05, 0) is 12.1 Å². The highest BCUT2D eigenvalue weighted by Gasteiger charge is 1.98. The molecule has 1 radical (unpaired) electrons. The molecular weight excluding hydrogens is 138 g/mol. The fraction of sp³-hybridized carbons (Fsp3) is 0. The molecule has 2 nitrogen and oxygen atoms in total. The number of rotatable bonds is 1. The summed E-state index contributed by atoms with van der Waals surface area (Å²) in [5, 5.41) is 1.05. The van der Waals surface area contributed by atoms with Crippen molar-refractivity contribution in [1.82, 2.24) is 4.98 Å². The maximum absolute atomic E-state index is 10.4. The molecule has 1 N–H and O–H groups in total. The average molecular weight is 144 g/mol. The average Bonchev–Trinajstić information content (AvgIpc) is 2.50. The van der Waals surface area contributed by atoms with Gasteiger partial charge in [0.1, 0.15) is 0 Å². The Bertz CT molecular complexity index is 389. The van der Waals surface area contributed by atoms with Gasteiger partial charge in [0.25, 0.3) is 0 Å². The number of nitrogens with one attached hydrogen (secondary N) is 1. The van der Waals surface area contributed by atoms with Crippen molar-refractivity contribution in [2.24, 2.45) is 0 Å². The van der Waals surface area contributed by atoms with E-state index in [1.807, 2.05) is 30.7 Å². The summed E-state index contributed by atoms with van der Waals surface area (Å²) in [7, 11) is 0. The first kappa shape index (κ1) is 6.16. The summed E-state index contributed by atoms with van der Waals surface area (Å²) in [6.45, 7) is 0. The predicted molar refractivity (Wildman–Crippen MR) is 43.1 cm³/mol. The third-order valence-electron chi connectivity index (χ3n) is 1.70. The monoisotopic (exact) mass is 144 g/mol. The second-order valence-corrected chi connectivity index (χ2v) is 2.35. The second-order valence-electron chi connectivity index (χ2n) is 2.35. The van der Waals surface area contributed by atoms with Crippen molar-refractivity contribution < 1.29 is 4.79 Å². The van der Waals surface area contributed by atoms with Crippen LogP contribution in [-0.2, 0) is 4.79 Å². The number of para-hydroxylation sites is 1. The van der Waals surface area contributed by atoms with E-state index in [0.29, 0.717) is 5.56 Å². The summed E-state index contributed by atoms with van der Waals surface area (Å²) in [5.74, 6) is 0. The van der Waals surface area contributed by atoms with Crippen LogP contribution in [0, 0.1) is 0 Å². The van der Waals surface area contributed by atoms with E-state index >= 15 is 0 Å². The van der Waals surface area contributed by atoms with E-state index in [1.165, 1.54) is 0 Å². The molecule has 0 saturated heterocycles. The lowest BCUT2D eigenvalue weighted by Crippen LogP contribution is -1.80. The molecule has 1 aromatic heterocycles. The van der Waals surface area contributed by atoms with Gasteiger partial charge >= 0.3 is 0 Å². The molecule has 0 fully saturated rings. The van der Waals surface area contributed by atoms with Gasteiger partial charge in [-0.2, -0.15) is 0 Å². The summed E-state index contributed by atoms with van der Waals surface area (Å²) >= 11 is 0. The predicted octanol–water partition coefficient (Wildman–Crippen LogP) is 1.63. The molecule has 1 heterocycles. The molecule has 0 aliphatic carbocycles. The lowest BCUT2D eigenvalue weighted by atomic mass is 10.2. The van der Waals surface area contributed by atoms with Gasteiger partial charge in [-0.1, -0.05) is 12.1 Å². The van der Waals surface area contributed by atoms with E-state index in [0.717, 1.165) is 10.9 Å². The number of hydrogen-bond acceptors (Lipinski definition) is 1. The molecule has 0 aliphatic heterocycles. The summed E-state index contributed by atoms with van der Waals surface area (Å²) < 4.78 is 0. The number of benzene rings is 1. The molecule has 2 heteroatoms. The number of H-pyrrole nitrogens is 1. The van der Waals surface area contributed by atoms with Crippen LogP contribution < -0.4 is 0 Å². The fourth-order valence-electron chi connectivity index (χ4n) is 1.17. The first-order valence-electron chi connectivity index (χ1n) is 3.36. The van der Waals surface area contributed by atoms with E-state index in [9.17, 15) is 4.79 Å². The first-order valence-corrected chi connectivity index (χ1v) is 3.36. The minimum Gasteiger partial charge on any atom is -0.361 e. The number of aromatic nitrogens is 1. The SMILES string of the molecule is O=[C]c1cccc2cc[nH]c12. The molecule has 0 saturated carbocycles. The van der Waals surface area contributed by atoms with Gasteiger partial charge < -0.3 is 4.98 Å². The van der Waals surface area contributed by atoms with Crippen molar-refractivity contribution in [2.45, 2.75) is 0 Å². The third-order valence-corrected chi connectivity index (χ3v) is 1.70. The Morgan fingerprint density at radius 2 is 2.18 bits per heavy atom. The van der Waals surface area contributed by atoms with E-state index in [1.54, 1.807) is 6.07 Å². The zero-order valence-electron chi connectivity index (χ0n) is 5.79. The Balaban J connectivity index is 2.88. The lowest BCUT2D eigenvalue weighted by Gasteiger charge is -1.90. The number of hydrogen-bond donors (Lipinski definition) is 1. The van der Waals surface area contributed by atoms with Crippen LogP contribution in [0.4, 0.5) is 0 Å². The van der Waals surface area contributed by atoms with E-state index in [2.05, 4.69) is 4.98 Å². The van der Waals surface area contributed by atoms with Crippen LogP contribution >= 0.6 is 0 Å². The highest BCUT2D eigenvalue weighted by molar-refractivity contribution is 5.95. The summed E-state index contributed by atoms with van der Waals surface area (Å²) in [6, 6.07) is 7.46. The highest BCUT2D eigenvalue weighted by Crippen LogP contribution is 2.14. The molecule has 2 rings (SSSR count). The summed E-state index contributed by atoms with van der Waals surface area (Å²) in [4.78, 5) is 13.4. The quantitative estimate of drug-likeness (QED) is 0.648. The summed E-state index contributed by atoms with van der Waals surface area (Å²) in [6.07, 6.45) is 3.69. The molecule has 0 unspecified atom stereocenters. The third kappa shape index (κ3) is 0.835. The Labute approximate surface area is 63.8 Å². The van der Waals surface area contributed by atoms with E-state index in [-0.39, 0.29) is 0 Å². The number of fused-ring (bicyclic) bond motifs is 1. The van der Waals surface area contributed by atoms with Crippen molar-refractivity contribution in [3.05, 3.63) is 36.0 Å². The van der Waals surface area contributed by atoms with Crippen LogP contribution in [0.2, 0.25) is 0 Å². The highest BCUT2D eigenvalue weighted by atomic mass is 16.1. The van der Waals surface area contributed by atoms with Crippen molar-refractivity contribution in [3.63, 3.8) is 0 Å². The standard InChI is InChI=1S/C9H6NO/c11-6-8-3-1-2-7-4-5-10-9(7)8/h1-5,10H. The van der Waals surface area contributed by atoms with Crippen LogP contribution in [0.1, 0.15) is 5.56 Å². The van der Waals surface area contributed by atoms with Crippen LogP contribution in [-0.4, -0.2) is 11.3 Å². The normalized spacial score (nSPS) is 10.2. The van der Waals surface area contributed by atoms with Crippen molar-refractivity contribution in [2.75, 3.05) is 0 Å². The zero-order chi connectivity index (χ0) is 7.68. The molecule has 0 amide bonds. The largest absolute Gasteiger partial charge is 0.361 e. The fourth-order valence-corrected chi connectivity index (χ4v) is 1.17. The van der Waals surface area contributed by atoms with Gasteiger partial charge in [-0.25, -0.2) is 0 Å². The minimum atomic E-state index is 0.590. The molecule has 0 bridgehead atoms. The Morgan fingerprint density at radius 3 is 3.00 bits per heavy atom. The molecule has 53 valence electrons.